The highest BCUT2D eigenvalue weighted by molar-refractivity contribution is 5.89. The van der Waals surface area contributed by atoms with E-state index in [1.807, 2.05) is 49.4 Å². The van der Waals surface area contributed by atoms with Crippen LogP contribution in [0.4, 0.5) is 0 Å². The number of carbonyl (C=O) groups excluding carboxylic acids is 2. The molecule has 1 aliphatic rings. The second-order valence-corrected chi connectivity index (χ2v) is 6.61. The van der Waals surface area contributed by atoms with Gasteiger partial charge in [-0.1, -0.05) is 43.3 Å². The minimum absolute atomic E-state index is 0.0104. The highest BCUT2D eigenvalue weighted by Gasteiger charge is 2.31. The van der Waals surface area contributed by atoms with E-state index in [0.29, 0.717) is 32.4 Å². The summed E-state index contributed by atoms with van der Waals surface area (Å²) in [7, 11) is 1.41. The summed E-state index contributed by atoms with van der Waals surface area (Å²) < 4.78 is 10.9. The summed E-state index contributed by atoms with van der Waals surface area (Å²) in [6.45, 7) is 3.08. The summed E-state index contributed by atoms with van der Waals surface area (Å²) in [5.41, 5.74) is 0. The average Bonchev–Trinajstić information content (AvgIpc) is 2.71. The van der Waals surface area contributed by atoms with Gasteiger partial charge < -0.3 is 14.4 Å². The predicted octanol–water partition coefficient (Wildman–Crippen LogP) is 3.41. The van der Waals surface area contributed by atoms with Crippen LogP contribution in [-0.2, 0) is 14.3 Å². The van der Waals surface area contributed by atoms with Crippen LogP contribution in [0.15, 0.2) is 42.5 Å². The Morgan fingerprint density at radius 2 is 1.81 bits per heavy atom. The number of fused-ring (bicyclic) bond motifs is 1. The van der Waals surface area contributed by atoms with Crippen LogP contribution >= 0.6 is 0 Å². The van der Waals surface area contributed by atoms with Gasteiger partial charge in [0.25, 0.3) is 5.91 Å². The van der Waals surface area contributed by atoms with Crippen LogP contribution in [0, 0.1) is 5.92 Å². The van der Waals surface area contributed by atoms with Crippen molar-refractivity contribution in [1.82, 2.24) is 4.90 Å². The Bertz CT molecular complexity index is 775. The fourth-order valence-corrected chi connectivity index (χ4v) is 3.47. The van der Waals surface area contributed by atoms with Gasteiger partial charge in [0.05, 0.1) is 13.0 Å². The highest BCUT2D eigenvalue weighted by Crippen LogP contribution is 2.27. The summed E-state index contributed by atoms with van der Waals surface area (Å²) in [6, 6.07) is 13.9. The van der Waals surface area contributed by atoms with E-state index in [9.17, 15) is 9.59 Å². The van der Waals surface area contributed by atoms with Gasteiger partial charge in [0, 0.05) is 18.5 Å². The molecular formula is C21H25NO4. The smallest absolute Gasteiger partial charge is 0.308 e. The quantitative estimate of drug-likeness (QED) is 0.771. The van der Waals surface area contributed by atoms with Gasteiger partial charge in [0.2, 0.25) is 0 Å². The molecule has 1 heterocycles. The second-order valence-electron chi connectivity index (χ2n) is 6.61. The monoisotopic (exact) mass is 355 g/mol. The zero-order valence-electron chi connectivity index (χ0n) is 15.3. The lowest BCUT2D eigenvalue weighted by molar-refractivity contribution is -0.150. The molecule has 0 radical (unpaired) electrons. The highest BCUT2D eigenvalue weighted by atomic mass is 16.5. The lowest BCUT2D eigenvalue weighted by Gasteiger charge is -2.33. The lowest BCUT2D eigenvalue weighted by Crippen LogP contribution is -2.46. The van der Waals surface area contributed by atoms with Crippen molar-refractivity contribution in [2.24, 2.45) is 5.92 Å². The van der Waals surface area contributed by atoms with Gasteiger partial charge in [0.15, 0.2) is 6.10 Å². The first-order valence-electron chi connectivity index (χ1n) is 9.15. The van der Waals surface area contributed by atoms with Gasteiger partial charge >= 0.3 is 5.97 Å². The first kappa shape index (κ1) is 18.2. The maximum Gasteiger partial charge on any atom is 0.308 e. The summed E-state index contributed by atoms with van der Waals surface area (Å²) in [6.07, 6.45) is 1.36. The number of hydrogen-bond acceptors (Lipinski definition) is 4. The van der Waals surface area contributed by atoms with Crippen molar-refractivity contribution in [2.75, 3.05) is 20.2 Å². The van der Waals surface area contributed by atoms with E-state index in [-0.39, 0.29) is 17.8 Å². The van der Waals surface area contributed by atoms with Crippen molar-refractivity contribution in [3.63, 3.8) is 0 Å². The Hall–Kier alpha value is -2.56. The zero-order chi connectivity index (χ0) is 18.5. The molecule has 5 nitrogen and oxygen atoms in total. The summed E-state index contributed by atoms with van der Waals surface area (Å²) in [5, 5.41) is 2.09. The second kappa shape index (κ2) is 8.21. The van der Waals surface area contributed by atoms with Crippen LogP contribution in [-0.4, -0.2) is 43.1 Å². The molecule has 0 aromatic heterocycles. The number of amides is 1. The molecule has 2 aromatic rings. The van der Waals surface area contributed by atoms with Crippen molar-refractivity contribution in [3.05, 3.63) is 42.5 Å². The number of ether oxygens (including phenoxy) is 2. The SMILES string of the molecule is CC[C@@H](Oc1cccc2ccccc12)C(=O)N1CCC(C(=O)OC)CC1. The molecule has 0 aliphatic carbocycles. The van der Waals surface area contributed by atoms with Gasteiger partial charge in [-0.05, 0) is 30.7 Å². The number of piperidine rings is 1. The fourth-order valence-electron chi connectivity index (χ4n) is 3.47. The largest absolute Gasteiger partial charge is 0.480 e. The molecule has 26 heavy (non-hydrogen) atoms. The molecule has 1 aliphatic heterocycles. The Morgan fingerprint density at radius 3 is 2.50 bits per heavy atom. The van der Waals surface area contributed by atoms with Gasteiger partial charge in [-0.3, -0.25) is 9.59 Å². The van der Waals surface area contributed by atoms with Crippen LogP contribution < -0.4 is 4.74 Å². The molecule has 138 valence electrons. The number of benzene rings is 2. The van der Waals surface area contributed by atoms with E-state index in [2.05, 4.69) is 0 Å². The Balaban J connectivity index is 1.69. The third-order valence-electron chi connectivity index (χ3n) is 5.01. The standard InChI is InChI=1S/C21H25NO4/c1-3-18(20(23)22-13-11-16(12-14-22)21(24)25-2)26-19-10-6-8-15-7-4-5-9-17(15)19/h4-10,16,18H,3,11-14H2,1-2H3/t18-/m1/s1. The van der Waals surface area contributed by atoms with Crippen molar-refractivity contribution < 1.29 is 19.1 Å². The number of rotatable bonds is 5. The first-order chi connectivity index (χ1) is 12.6. The van der Waals surface area contributed by atoms with Gasteiger partial charge in [-0.2, -0.15) is 0 Å². The maximum absolute atomic E-state index is 12.9. The van der Waals surface area contributed by atoms with Crippen LogP contribution in [0.2, 0.25) is 0 Å². The van der Waals surface area contributed by atoms with Gasteiger partial charge in [-0.25, -0.2) is 0 Å². The minimum atomic E-state index is -0.518. The Labute approximate surface area is 153 Å². The van der Waals surface area contributed by atoms with Gasteiger partial charge in [-0.15, -0.1) is 0 Å². The molecule has 1 saturated heterocycles. The van der Waals surface area contributed by atoms with Crippen molar-refractivity contribution in [3.8, 4) is 5.75 Å². The molecule has 2 aromatic carbocycles. The average molecular weight is 355 g/mol. The minimum Gasteiger partial charge on any atom is -0.480 e. The van der Waals surface area contributed by atoms with Gasteiger partial charge in [0.1, 0.15) is 5.75 Å². The molecule has 1 fully saturated rings. The molecule has 5 heteroatoms. The molecule has 3 rings (SSSR count). The Morgan fingerprint density at radius 1 is 1.12 bits per heavy atom. The van der Waals surface area contributed by atoms with E-state index in [0.717, 1.165) is 16.5 Å². The predicted molar refractivity (Wildman–Crippen MR) is 100.0 cm³/mol. The molecule has 0 unspecified atom stereocenters. The lowest BCUT2D eigenvalue weighted by atomic mass is 9.96. The van der Waals surface area contributed by atoms with E-state index in [1.54, 1.807) is 4.90 Å². The fraction of sp³-hybridized carbons (Fsp3) is 0.429. The molecule has 0 saturated carbocycles. The van der Waals surface area contributed by atoms with Crippen molar-refractivity contribution in [2.45, 2.75) is 32.3 Å². The molecule has 0 N–H and O–H groups in total. The molecule has 1 atom stereocenters. The van der Waals surface area contributed by atoms with Crippen LogP contribution in [0.1, 0.15) is 26.2 Å². The van der Waals surface area contributed by atoms with Crippen LogP contribution in [0.5, 0.6) is 5.75 Å². The molecule has 0 spiro atoms. The first-order valence-corrected chi connectivity index (χ1v) is 9.15. The normalized spacial score (nSPS) is 16.3. The molecule has 1 amide bonds. The summed E-state index contributed by atoms with van der Waals surface area (Å²) in [5.74, 6) is 0.427. The van der Waals surface area contributed by atoms with E-state index in [4.69, 9.17) is 9.47 Å². The molecular weight excluding hydrogens is 330 g/mol. The van der Waals surface area contributed by atoms with E-state index >= 15 is 0 Å². The number of carbonyl (C=O) groups is 2. The maximum atomic E-state index is 12.9. The van der Waals surface area contributed by atoms with Crippen molar-refractivity contribution >= 4 is 22.6 Å². The Kier molecular flexibility index (Phi) is 5.76. The number of esters is 1. The summed E-state index contributed by atoms with van der Waals surface area (Å²) in [4.78, 5) is 26.4. The van der Waals surface area contributed by atoms with Crippen molar-refractivity contribution in [1.29, 1.82) is 0 Å². The third kappa shape index (κ3) is 3.82. The zero-order valence-corrected chi connectivity index (χ0v) is 15.3. The molecule has 0 bridgehead atoms. The van der Waals surface area contributed by atoms with E-state index in [1.165, 1.54) is 7.11 Å². The van der Waals surface area contributed by atoms with Crippen LogP contribution in [0.3, 0.4) is 0 Å². The third-order valence-corrected chi connectivity index (χ3v) is 5.01. The number of likely N-dealkylation sites (tertiary alicyclic amines) is 1. The number of hydrogen-bond donors (Lipinski definition) is 0. The van der Waals surface area contributed by atoms with Crippen LogP contribution in [0.25, 0.3) is 10.8 Å². The number of nitrogens with zero attached hydrogens (tertiary/aromatic N) is 1. The number of methoxy groups -OCH3 is 1. The summed E-state index contributed by atoms with van der Waals surface area (Å²) >= 11 is 0. The topological polar surface area (TPSA) is 55.8 Å². The van der Waals surface area contributed by atoms with E-state index < -0.39 is 6.10 Å².